The highest BCUT2D eigenvalue weighted by atomic mass is 16.4. The fourth-order valence-electron chi connectivity index (χ4n) is 1.54. The minimum absolute atomic E-state index is 0.112. The molecule has 0 radical (unpaired) electrons. The molecule has 0 spiro atoms. The molecule has 1 amide bonds. The van der Waals surface area contributed by atoms with Crippen molar-refractivity contribution in [1.82, 2.24) is 5.32 Å². The molecule has 0 aromatic heterocycles. The highest BCUT2D eigenvalue weighted by Gasteiger charge is 2.22. The van der Waals surface area contributed by atoms with E-state index in [4.69, 9.17) is 15.9 Å². The molecule has 0 aromatic rings. The lowest BCUT2D eigenvalue weighted by Crippen LogP contribution is -2.43. The Labute approximate surface area is 112 Å². The molecule has 0 aliphatic carbocycles. The first kappa shape index (κ1) is 17.4. The maximum absolute atomic E-state index is 11.7. The van der Waals surface area contributed by atoms with Crippen LogP contribution in [0.2, 0.25) is 0 Å². The van der Waals surface area contributed by atoms with E-state index in [1.807, 2.05) is 0 Å². The molecular formula is C12H22N2O5. The van der Waals surface area contributed by atoms with Crippen molar-refractivity contribution in [2.45, 2.75) is 45.1 Å². The number of carbonyl (C=O) groups excluding carboxylic acids is 1. The van der Waals surface area contributed by atoms with E-state index in [0.29, 0.717) is 25.8 Å². The van der Waals surface area contributed by atoms with Gasteiger partial charge in [0.05, 0.1) is 0 Å². The van der Waals surface area contributed by atoms with Crippen molar-refractivity contribution in [1.29, 1.82) is 0 Å². The van der Waals surface area contributed by atoms with Gasteiger partial charge in [0.2, 0.25) is 5.91 Å². The summed E-state index contributed by atoms with van der Waals surface area (Å²) in [5.41, 5.74) is 5.32. The largest absolute Gasteiger partial charge is 0.481 e. The van der Waals surface area contributed by atoms with Crippen molar-refractivity contribution >= 4 is 17.8 Å². The van der Waals surface area contributed by atoms with Gasteiger partial charge in [0.25, 0.3) is 0 Å². The topological polar surface area (TPSA) is 130 Å². The summed E-state index contributed by atoms with van der Waals surface area (Å²) in [6.45, 7) is 2.06. The van der Waals surface area contributed by atoms with E-state index >= 15 is 0 Å². The fourth-order valence-corrected chi connectivity index (χ4v) is 1.54. The predicted molar refractivity (Wildman–Crippen MR) is 68.5 cm³/mol. The van der Waals surface area contributed by atoms with Crippen LogP contribution in [0.25, 0.3) is 0 Å². The molecule has 110 valence electrons. The summed E-state index contributed by atoms with van der Waals surface area (Å²) in [5.74, 6) is -3.01. The van der Waals surface area contributed by atoms with Crippen LogP contribution in [-0.4, -0.2) is 40.6 Å². The predicted octanol–water partition coefficient (Wildman–Crippen LogP) is 0.186. The molecule has 0 heterocycles. The van der Waals surface area contributed by atoms with E-state index in [9.17, 15) is 14.4 Å². The smallest absolute Gasteiger partial charge is 0.326 e. The van der Waals surface area contributed by atoms with Crippen molar-refractivity contribution < 1.29 is 24.6 Å². The third kappa shape index (κ3) is 8.15. The van der Waals surface area contributed by atoms with Crippen LogP contribution in [0.5, 0.6) is 0 Å². The summed E-state index contributed by atoms with van der Waals surface area (Å²) in [5, 5.41) is 19.9. The van der Waals surface area contributed by atoms with Gasteiger partial charge in [0.15, 0.2) is 0 Å². The van der Waals surface area contributed by atoms with Gasteiger partial charge in [-0.05, 0) is 32.2 Å². The van der Waals surface area contributed by atoms with Crippen LogP contribution >= 0.6 is 0 Å². The average molecular weight is 274 g/mol. The summed E-state index contributed by atoms with van der Waals surface area (Å²) < 4.78 is 0. The zero-order chi connectivity index (χ0) is 14.8. The SMILES string of the molecule is CC(CCC(=O)O)C(=O)N[C@@H](CCCCN)C(=O)O. The molecule has 1 unspecified atom stereocenters. The molecule has 7 nitrogen and oxygen atoms in total. The van der Waals surface area contributed by atoms with E-state index in [0.717, 1.165) is 0 Å². The van der Waals surface area contributed by atoms with Crippen LogP contribution in [-0.2, 0) is 14.4 Å². The van der Waals surface area contributed by atoms with Crippen molar-refractivity contribution in [3.8, 4) is 0 Å². The molecule has 0 fully saturated rings. The van der Waals surface area contributed by atoms with E-state index in [2.05, 4.69) is 5.32 Å². The molecule has 0 bridgehead atoms. The number of carbonyl (C=O) groups is 3. The summed E-state index contributed by atoms with van der Waals surface area (Å²) in [6.07, 6.45) is 1.73. The van der Waals surface area contributed by atoms with Gasteiger partial charge in [-0.3, -0.25) is 9.59 Å². The lowest BCUT2D eigenvalue weighted by molar-refractivity contribution is -0.143. The van der Waals surface area contributed by atoms with Crippen molar-refractivity contribution in [3.63, 3.8) is 0 Å². The third-order valence-corrected chi connectivity index (χ3v) is 2.80. The second kappa shape index (κ2) is 9.32. The van der Waals surface area contributed by atoms with E-state index in [1.165, 1.54) is 0 Å². The fraction of sp³-hybridized carbons (Fsp3) is 0.750. The van der Waals surface area contributed by atoms with Gasteiger partial charge in [-0.15, -0.1) is 0 Å². The minimum atomic E-state index is -1.09. The number of hydrogen-bond acceptors (Lipinski definition) is 4. The van der Waals surface area contributed by atoms with Gasteiger partial charge in [-0.25, -0.2) is 4.79 Å². The van der Waals surface area contributed by atoms with E-state index in [-0.39, 0.29) is 12.8 Å². The van der Waals surface area contributed by atoms with Crippen LogP contribution in [0.3, 0.4) is 0 Å². The maximum atomic E-state index is 11.7. The first-order chi connectivity index (χ1) is 8.88. The molecule has 0 saturated heterocycles. The number of amides is 1. The standard InChI is InChI=1S/C12H22N2O5/c1-8(5-6-10(15)16)11(17)14-9(12(18)19)4-2-3-7-13/h8-9H,2-7,13H2,1H3,(H,14,17)(H,15,16)(H,18,19)/t8?,9-/m0/s1. The monoisotopic (exact) mass is 274 g/mol. The molecule has 5 N–H and O–H groups in total. The number of rotatable bonds is 10. The Balaban J connectivity index is 4.21. The normalized spacial score (nSPS) is 13.6. The lowest BCUT2D eigenvalue weighted by atomic mass is 10.0. The number of aliphatic carboxylic acids is 2. The highest BCUT2D eigenvalue weighted by Crippen LogP contribution is 2.08. The molecule has 0 aromatic carbocycles. The Morgan fingerprint density at radius 3 is 2.26 bits per heavy atom. The highest BCUT2D eigenvalue weighted by molar-refractivity contribution is 5.85. The Kier molecular flexibility index (Phi) is 8.52. The summed E-state index contributed by atoms with van der Waals surface area (Å²) >= 11 is 0. The van der Waals surface area contributed by atoms with Crippen molar-refractivity contribution in [3.05, 3.63) is 0 Å². The van der Waals surface area contributed by atoms with Crippen molar-refractivity contribution in [2.75, 3.05) is 6.54 Å². The summed E-state index contributed by atoms with van der Waals surface area (Å²) in [6, 6.07) is -0.939. The molecule has 0 rings (SSSR count). The minimum Gasteiger partial charge on any atom is -0.481 e. The number of nitrogens with two attached hydrogens (primary N) is 1. The van der Waals surface area contributed by atoms with Gasteiger partial charge in [-0.2, -0.15) is 0 Å². The molecular weight excluding hydrogens is 252 g/mol. The van der Waals surface area contributed by atoms with Crippen LogP contribution in [0.1, 0.15) is 39.0 Å². The number of carboxylic acid groups (broad SMARTS) is 2. The number of hydrogen-bond donors (Lipinski definition) is 4. The molecule has 19 heavy (non-hydrogen) atoms. The molecule has 0 aliphatic heterocycles. The van der Waals surface area contributed by atoms with Gasteiger partial charge in [0.1, 0.15) is 6.04 Å². The number of unbranched alkanes of at least 4 members (excludes halogenated alkanes) is 1. The van der Waals surface area contributed by atoms with Crippen LogP contribution < -0.4 is 11.1 Å². The first-order valence-corrected chi connectivity index (χ1v) is 6.33. The Hall–Kier alpha value is -1.63. The quantitative estimate of drug-likeness (QED) is 0.421. The third-order valence-electron chi connectivity index (χ3n) is 2.80. The zero-order valence-corrected chi connectivity index (χ0v) is 11.1. The van der Waals surface area contributed by atoms with Crippen molar-refractivity contribution in [2.24, 2.45) is 11.7 Å². The van der Waals surface area contributed by atoms with Crippen LogP contribution in [0.15, 0.2) is 0 Å². The maximum Gasteiger partial charge on any atom is 0.326 e. The van der Waals surface area contributed by atoms with Gasteiger partial charge in [0, 0.05) is 12.3 Å². The van der Waals surface area contributed by atoms with Gasteiger partial charge < -0.3 is 21.3 Å². The van der Waals surface area contributed by atoms with Gasteiger partial charge in [-0.1, -0.05) is 6.92 Å². The van der Waals surface area contributed by atoms with E-state index in [1.54, 1.807) is 6.92 Å². The van der Waals surface area contributed by atoms with Crippen LogP contribution in [0, 0.1) is 5.92 Å². The molecule has 2 atom stereocenters. The molecule has 0 aliphatic rings. The summed E-state index contributed by atoms with van der Waals surface area (Å²) in [4.78, 5) is 33.1. The number of carboxylic acids is 2. The summed E-state index contributed by atoms with van der Waals surface area (Å²) in [7, 11) is 0. The Morgan fingerprint density at radius 1 is 1.16 bits per heavy atom. The Morgan fingerprint density at radius 2 is 1.79 bits per heavy atom. The van der Waals surface area contributed by atoms with E-state index < -0.39 is 29.8 Å². The second-order valence-corrected chi connectivity index (χ2v) is 4.52. The average Bonchev–Trinajstić information content (AvgIpc) is 2.34. The Bertz CT molecular complexity index is 319. The number of nitrogens with one attached hydrogen (secondary N) is 1. The first-order valence-electron chi connectivity index (χ1n) is 6.33. The second-order valence-electron chi connectivity index (χ2n) is 4.52. The lowest BCUT2D eigenvalue weighted by Gasteiger charge is -2.17. The zero-order valence-electron chi connectivity index (χ0n) is 11.1. The molecule has 0 saturated carbocycles. The van der Waals surface area contributed by atoms with Gasteiger partial charge >= 0.3 is 11.9 Å². The van der Waals surface area contributed by atoms with Crippen LogP contribution in [0.4, 0.5) is 0 Å². The molecule has 7 heteroatoms.